The van der Waals surface area contributed by atoms with Gasteiger partial charge in [-0.3, -0.25) is 9.48 Å². The maximum Gasteiger partial charge on any atom is 0.272 e. The number of hydrogen-bond acceptors (Lipinski definition) is 4. The topological polar surface area (TPSA) is 50.6 Å². The molecule has 2 aromatic rings. The second kappa shape index (κ2) is 8.46. The molecule has 6 nitrogen and oxygen atoms in total. The highest BCUT2D eigenvalue weighted by atomic mass is 16.5. The molecule has 0 bridgehead atoms. The largest absolute Gasteiger partial charge is 0.497 e. The van der Waals surface area contributed by atoms with Gasteiger partial charge >= 0.3 is 0 Å². The van der Waals surface area contributed by atoms with Crippen molar-refractivity contribution in [2.75, 3.05) is 38.2 Å². The summed E-state index contributed by atoms with van der Waals surface area (Å²) in [6.07, 6.45) is 0.900. The normalized spacial score (nSPS) is 14.7. The van der Waals surface area contributed by atoms with Crippen molar-refractivity contribution in [1.29, 1.82) is 0 Å². The molecule has 0 radical (unpaired) electrons. The van der Waals surface area contributed by atoms with E-state index in [0.717, 1.165) is 36.6 Å². The molecule has 0 unspecified atom stereocenters. The predicted molar refractivity (Wildman–Crippen MR) is 108 cm³/mol. The standard InChI is InChI=1S/C21H30N4O2/c1-5-25-20(14-17(22-25)13-16(2)3)21(26)24-11-9-23(10-12-24)18-7-6-8-19(15-18)27-4/h6-8,14-16H,5,9-13H2,1-4H3. The predicted octanol–water partition coefficient (Wildman–Crippen LogP) is 3.07. The van der Waals surface area contributed by atoms with Crippen molar-refractivity contribution >= 4 is 11.6 Å². The van der Waals surface area contributed by atoms with Gasteiger partial charge in [-0.25, -0.2) is 0 Å². The van der Waals surface area contributed by atoms with E-state index in [1.165, 1.54) is 0 Å². The molecule has 27 heavy (non-hydrogen) atoms. The van der Waals surface area contributed by atoms with Gasteiger partial charge in [-0.05, 0) is 37.5 Å². The first-order valence-corrected chi connectivity index (χ1v) is 9.76. The Morgan fingerprint density at radius 3 is 2.56 bits per heavy atom. The number of methoxy groups -OCH3 is 1. The van der Waals surface area contributed by atoms with E-state index in [1.807, 2.05) is 40.8 Å². The van der Waals surface area contributed by atoms with Crippen LogP contribution in [0.5, 0.6) is 5.75 Å². The average molecular weight is 370 g/mol. The Kier molecular flexibility index (Phi) is 6.04. The number of amides is 1. The lowest BCUT2D eigenvalue weighted by Crippen LogP contribution is -2.49. The van der Waals surface area contributed by atoms with Crippen LogP contribution in [0.4, 0.5) is 5.69 Å². The third-order valence-corrected chi connectivity index (χ3v) is 4.95. The van der Waals surface area contributed by atoms with Gasteiger partial charge in [0.25, 0.3) is 5.91 Å². The highest BCUT2D eigenvalue weighted by Gasteiger charge is 2.25. The number of carbonyl (C=O) groups excluding carboxylic acids is 1. The molecule has 0 atom stereocenters. The van der Waals surface area contributed by atoms with Gasteiger partial charge in [0.1, 0.15) is 11.4 Å². The molecule has 2 heterocycles. The van der Waals surface area contributed by atoms with Crippen LogP contribution in [0.2, 0.25) is 0 Å². The van der Waals surface area contributed by atoms with Crippen LogP contribution in [0, 0.1) is 5.92 Å². The van der Waals surface area contributed by atoms with Crippen LogP contribution in [0.3, 0.4) is 0 Å². The lowest BCUT2D eigenvalue weighted by molar-refractivity contribution is 0.0734. The lowest BCUT2D eigenvalue weighted by Gasteiger charge is -2.36. The number of aromatic nitrogens is 2. The van der Waals surface area contributed by atoms with Gasteiger partial charge in [-0.1, -0.05) is 19.9 Å². The van der Waals surface area contributed by atoms with Crippen molar-refractivity contribution in [1.82, 2.24) is 14.7 Å². The SMILES string of the molecule is CCn1nc(CC(C)C)cc1C(=O)N1CCN(c2cccc(OC)c2)CC1. The molecule has 0 saturated carbocycles. The van der Waals surface area contributed by atoms with Crippen molar-refractivity contribution in [3.63, 3.8) is 0 Å². The summed E-state index contributed by atoms with van der Waals surface area (Å²) in [4.78, 5) is 17.3. The number of piperazine rings is 1. The number of nitrogens with zero attached hydrogens (tertiary/aromatic N) is 4. The summed E-state index contributed by atoms with van der Waals surface area (Å²) in [6.45, 7) is 10.1. The minimum absolute atomic E-state index is 0.0876. The summed E-state index contributed by atoms with van der Waals surface area (Å²) >= 11 is 0. The van der Waals surface area contributed by atoms with Crippen LogP contribution in [-0.4, -0.2) is 53.9 Å². The molecule has 1 amide bonds. The van der Waals surface area contributed by atoms with Crippen LogP contribution < -0.4 is 9.64 Å². The summed E-state index contributed by atoms with van der Waals surface area (Å²) in [5.41, 5.74) is 2.85. The Bertz CT molecular complexity index is 776. The Balaban J connectivity index is 1.67. The Morgan fingerprint density at radius 1 is 1.19 bits per heavy atom. The molecule has 3 rings (SSSR count). The van der Waals surface area contributed by atoms with Gasteiger partial charge in [-0.2, -0.15) is 5.10 Å². The Morgan fingerprint density at radius 2 is 1.93 bits per heavy atom. The van der Waals surface area contributed by atoms with Crippen molar-refractivity contribution in [2.45, 2.75) is 33.7 Å². The second-order valence-corrected chi connectivity index (χ2v) is 7.42. The molecule has 1 aliphatic heterocycles. The van der Waals surface area contributed by atoms with Crippen LogP contribution in [-0.2, 0) is 13.0 Å². The highest BCUT2D eigenvalue weighted by molar-refractivity contribution is 5.93. The molecule has 0 N–H and O–H groups in total. The average Bonchev–Trinajstić information content (AvgIpc) is 3.09. The third-order valence-electron chi connectivity index (χ3n) is 4.95. The van der Waals surface area contributed by atoms with Crippen molar-refractivity contribution < 1.29 is 9.53 Å². The molecule has 1 aliphatic rings. The molecule has 0 spiro atoms. The first-order valence-electron chi connectivity index (χ1n) is 9.76. The van der Waals surface area contributed by atoms with Gasteiger partial charge in [0.2, 0.25) is 0 Å². The number of carbonyl (C=O) groups is 1. The summed E-state index contributed by atoms with van der Waals surface area (Å²) in [5, 5.41) is 4.61. The maximum atomic E-state index is 13.0. The molecule has 1 aromatic heterocycles. The first-order chi connectivity index (χ1) is 13.0. The van der Waals surface area contributed by atoms with Crippen molar-refractivity contribution in [3.8, 4) is 5.75 Å². The zero-order chi connectivity index (χ0) is 19.4. The molecule has 6 heteroatoms. The molecule has 1 fully saturated rings. The fourth-order valence-corrected chi connectivity index (χ4v) is 3.54. The number of ether oxygens (including phenoxy) is 1. The quantitative estimate of drug-likeness (QED) is 0.784. The first kappa shape index (κ1) is 19.3. The summed E-state index contributed by atoms with van der Waals surface area (Å²) in [6, 6.07) is 10.1. The van der Waals surface area contributed by atoms with E-state index in [2.05, 4.69) is 29.9 Å². The van der Waals surface area contributed by atoms with E-state index in [1.54, 1.807) is 7.11 Å². The van der Waals surface area contributed by atoms with Gasteiger partial charge in [0, 0.05) is 44.5 Å². The van der Waals surface area contributed by atoms with E-state index in [9.17, 15) is 4.79 Å². The van der Waals surface area contributed by atoms with Crippen LogP contribution >= 0.6 is 0 Å². The number of anilines is 1. The number of benzene rings is 1. The number of rotatable bonds is 6. The number of aryl methyl sites for hydroxylation is 1. The van der Waals surface area contributed by atoms with E-state index in [4.69, 9.17) is 4.74 Å². The van der Waals surface area contributed by atoms with E-state index in [-0.39, 0.29) is 5.91 Å². The van der Waals surface area contributed by atoms with Crippen molar-refractivity contribution in [3.05, 3.63) is 41.7 Å². The van der Waals surface area contributed by atoms with Gasteiger partial charge in [0.15, 0.2) is 0 Å². The van der Waals surface area contributed by atoms with E-state index in [0.29, 0.717) is 31.2 Å². The summed E-state index contributed by atoms with van der Waals surface area (Å²) in [7, 11) is 1.68. The Hall–Kier alpha value is -2.50. The van der Waals surface area contributed by atoms with Crippen molar-refractivity contribution in [2.24, 2.45) is 5.92 Å². The lowest BCUT2D eigenvalue weighted by atomic mass is 10.1. The molecule has 1 aromatic carbocycles. The molecule has 0 aliphatic carbocycles. The zero-order valence-corrected chi connectivity index (χ0v) is 16.8. The van der Waals surface area contributed by atoms with Crippen LogP contribution in [0.1, 0.15) is 37.0 Å². The van der Waals surface area contributed by atoms with Gasteiger partial charge < -0.3 is 14.5 Å². The third kappa shape index (κ3) is 4.43. The number of hydrogen-bond donors (Lipinski definition) is 0. The van der Waals surface area contributed by atoms with Gasteiger partial charge in [0.05, 0.1) is 12.8 Å². The molecular formula is C21H30N4O2. The van der Waals surface area contributed by atoms with Crippen LogP contribution in [0.25, 0.3) is 0 Å². The smallest absolute Gasteiger partial charge is 0.272 e. The highest BCUT2D eigenvalue weighted by Crippen LogP contribution is 2.22. The Labute approximate surface area is 161 Å². The van der Waals surface area contributed by atoms with E-state index < -0.39 is 0 Å². The monoisotopic (exact) mass is 370 g/mol. The summed E-state index contributed by atoms with van der Waals surface area (Å²) in [5.74, 6) is 1.47. The second-order valence-electron chi connectivity index (χ2n) is 7.42. The minimum Gasteiger partial charge on any atom is -0.497 e. The van der Waals surface area contributed by atoms with Crippen LogP contribution in [0.15, 0.2) is 30.3 Å². The minimum atomic E-state index is 0.0876. The fourth-order valence-electron chi connectivity index (χ4n) is 3.54. The van der Waals surface area contributed by atoms with E-state index >= 15 is 0 Å². The molecular weight excluding hydrogens is 340 g/mol. The molecule has 1 saturated heterocycles. The zero-order valence-electron chi connectivity index (χ0n) is 16.8. The maximum absolute atomic E-state index is 13.0. The van der Waals surface area contributed by atoms with Gasteiger partial charge in [-0.15, -0.1) is 0 Å². The fraction of sp³-hybridized carbons (Fsp3) is 0.524. The summed E-state index contributed by atoms with van der Waals surface area (Å²) < 4.78 is 7.16. The molecule has 146 valence electrons.